The first-order valence-corrected chi connectivity index (χ1v) is 4.39. The molecule has 0 bridgehead atoms. The highest BCUT2D eigenvalue weighted by Gasteiger charge is 2.01. The summed E-state index contributed by atoms with van der Waals surface area (Å²) in [4.78, 5) is 7.13. The number of hydrogen-bond donors (Lipinski definition) is 2. The quantitative estimate of drug-likeness (QED) is 0.752. The van der Waals surface area contributed by atoms with Crippen LogP contribution in [-0.2, 0) is 0 Å². The Balaban J connectivity index is 2.31. The van der Waals surface area contributed by atoms with Gasteiger partial charge in [-0.1, -0.05) is 0 Å². The van der Waals surface area contributed by atoms with Crippen LogP contribution in [0.5, 0.6) is 0 Å². The molecule has 0 spiro atoms. The summed E-state index contributed by atoms with van der Waals surface area (Å²) in [5.41, 5.74) is 2.83. The van der Waals surface area contributed by atoms with Gasteiger partial charge in [0.2, 0.25) is 0 Å². The second-order valence-corrected chi connectivity index (χ2v) is 3.13. The SMILES string of the molecule is CC(C#N)Nc1ccc2nc[nH]c2c1. The molecule has 1 atom stereocenters. The van der Waals surface area contributed by atoms with Gasteiger partial charge in [-0.15, -0.1) is 0 Å². The maximum atomic E-state index is 8.64. The Morgan fingerprint density at radius 3 is 3.21 bits per heavy atom. The van der Waals surface area contributed by atoms with Crippen LogP contribution in [0.3, 0.4) is 0 Å². The molecule has 70 valence electrons. The first-order chi connectivity index (χ1) is 6.79. The smallest absolute Gasteiger partial charge is 0.111 e. The summed E-state index contributed by atoms with van der Waals surface area (Å²) in [5.74, 6) is 0. The molecule has 2 N–H and O–H groups in total. The standard InChI is InChI=1S/C10H10N4/c1-7(5-11)14-8-2-3-9-10(4-8)13-6-12-9/h2-4,6-7,14H,1H3,(H,12,13). The second-order valence-electron chi connectivity index (χ2n) is 3.13. The number of hydrogen-bond acceptors (Lipinski definition) is 3. The number of aromatic amines is 1. The number of nitrogens with one attached hydrogen (secondary N) is 2. The molecule has 4 heteroatoms. The van der Waals surface area contributed by atoms with Gasteiger partial charge >= 0.3 is 0 Å². The van der Waals surface area contributed by atoms with Crippen molar-refractivity contribution >= 4 is 16.7 Å². The van der Waals surface area contributed by atoms with E-state index in [1.54, 1.807) is 6.33 Å². The minimum atomic E-state index is -0.185. The van der Waals surface area contributed by atoms with Gasteiger partial charge in [0, 0.05) is 5.69 Å². The van der Waals surface area contributed by atoms with E-state index >= 15 is 0 Å². The molecule has 0 aliphatic heterocycles. The zero-order chi connectivity index (χ0) is 9.97. The van der Waals surface area contributed by atoms with Gasteiger partial charge in [-0.25, -0.2) is 4.98 Å². The van der Waals surface area contributed by atoms with Crippen LogP contribution in [0.25, 0.3) is 11.0 Å². The van der Waals surface area contributed by atoms with Crippen molar-refractivity contribution in [3.8, 4) is 6.07 Å². The summed E-state index contributed by atoms with van der Waals surface area (Å²) in [6.07, 6.45) is 1.65. The molecular weight excluding hydrogens is 176 g/mol. The lowest BCUT2D eigenvalue weighted by atomic mass is 10.2. The van der Waals surface area contributed by atoms with E-state index in [1.165, 1.54) is 0 Å². The van der Waals surface area contributed by atoms with Gasteiger partial charge in [0.05, 0.1) is 23.4 Å². The summed E-state index contributed by atoms with van der Waals surface area (Å²) in [6, 6.07) is 7.70. The fourth-order valence-electron chi connectivity index (χ4n) is 1.31. The number of rotatable bonds is 2. The van der Waals surface area contributed by atoms with Crippen molar-refractivity contribution in [1.82, 2.24) is 9.97 Å². The maximum absolute atomic E-state index is 8.64. The molecule has 1 heterocycles. The van der Waals surface area contributed by atoms with Gasteiger partial charge in [-0.2, -0.15) is 5.26 Å². The van der Waals surface area contributed by atoms with E-state index in [-0.39, 0.29) is 6.04 Å². The van der Waals surface area contributed by atoms with E-state index in [1.807, 2.05) is 25.1 Å². The molecule has 2 rings (SSSR count). The zero-order valence-corrected chi connectivity index (χ0v) is 7.78. The van der Waals surface area contributed by atoms with Crippen LogP contribution in [0, 0.1) is 11.3 Å². The highest BCUT2D eigenvalue weighted by molar-refractivity contribution is 5.78. The predicted molar refractivity (Wildman–Crippen MR) is 54.8 cm³/mol. The first-order valence-electron chi connectivity index (χ1n) is 4.39. The van der Waals surface area contributed by atoms with Crippen molar-refractivity contribution in [2.24, 2.45) is 0 Å². The molecule has 0 fully saturated rings. The maximum Gasteiger partial charge on any atom is 0.111 e. The van der Waals surface area contributed by atoms with Crippen molar-refractivity contribution in [3.63, 3.8) is 0 Å². The van der Waals surface area contributed by atoms with E-state index in [0.717, 1.165) is 16.7 Å². The van der Waals surface area contributed by atoms with Gasteiger partial charge in [0.15, 0.2) is 0 Å². The molecule has 0 aliphatic rings. The number of fused-ring (bicyclic) bond motifs is 1. The van der Waals surface area contributed by atoms with Crippen LogP contribution in [0.1, 0.15) is 6.92 Å². The largest absolute Gasteiger partial charge is 0.370 e. The lowest BCUT2D eigenvalue weighted by Gasteiger charge is -2.06. The summed E-state index contributed by atoms with van der Waals surface area (Å²) < 4.78 is 0. The van der Waals surface area contributed by atoms with Gasteiger partial charge in [0.25, 0.3) is 0 Å². The molecule has 0 amide bonds. The fourth-order valence-corrected chi connectivity index (χ4v) is 1.31. The normalized spacial score (nSPS) is 12.3. The monoisotopic (exact) mass is 186 g/mol. The Morgan fingerprint density at radius 2 is 2.43 bits per heavy atom. The average Bonchev–Trinajstić information content (AvgIpc) is 2.64. The zero-order valence-electron chi connectivity index (χ0n) is 7.78. The van der Waals surface area contributed by atoms with Crippen LogP contribution >= 0.6 is 0 Å². The van der Waals surface area contributed by atoms with E-state index in [4.69, 9.17) is 5.26 Å². The van der Waals surface area contributed by atoms with Crippen LogP contribution in [0.4, 0.5) is 5.69 Å². The molecule has 0 saturated heterocycles. The summed E-state index contributed by atoms with van der Waals surface area (Å²) in [7, 11) is 0. The molecule has 14 heavy (non-hydrogen) atoms. The summed E-state index contributed by atoms with van der Waals surface area (Å²) in [5, 5.41) is 11.7. The predicted octanol–water partition coefficient (Wildman–Crippen LogP) is 1.89. The van der Waals surface area contributed by atoms with Gasteiger partial charge in [-0.05, 0) is 25.1 Å². The molecule has 1 aromatic carbocycles. The molecule has 2 aromatic rings. The van der Waals surface area contributed by atoms with Gasteiger partial charge in [-0.3, -0.25) is 0 Å². The lowest BCUT2D eigenvalue weighted by Crippen LogP contribution is -2.11. The van der Waals surface area contributed by atoms with Crippen molar-refractivity contribution in [2.45, 2.75) is 13.0 Å². The van der Waals surface area contributed by atoms with Crippen molar-refractivity contribution in [3.05, 3.63) is 24.5 Å². The number of anilines is 1. The van der Waals surface area contributed by atoms with Crippen LogP contribution in [-0.4, -0.2) is 16.0 Å². The Morgan fingerprint density at radius 1 is 1.57 bits per heavy atom. The Hall–Kier alpha value is -2.02. The highest BCUT2D eigenvalue weighted by Crippen LogP contribution is 2.15. The first kappa shape index (κ1) is 8.57. The van der Waals surface area contributed by atoms with E-state index in [0.29, 0.717) is 0 Å². The number of nitrogens with zero attached hydrogens (tertiary/aromatic N) is 2. The number of nitriles is 1. The minimum absolute atomic E-state index is 0.185. The Labute approximate surface area is 81.6 Å². The van der Waals surface area contributed by atoms with Crippen LogP contribution in [0.2, 0.25) is 0 Å². The lowest BCUT2D eigenvalue weighted by molar-refractivity contribution is 1.01. The van der Waals surface area contributed by atoms with Gasteiger partial charge in [0.1, 0.15) is 6.04 Å². The molecule has 1 aromatic heterocycles. The van der Waals surface area contributed by atoms with Crippen molar-refractivity contribution in [1.29, 1.82) is 5.26 Å². The Kier molecular flexibility index (Phi) is 2.07. The second kappa shape index (κ2) is 3.38. The molecular formula is C10H10N4. The van der Waals surface area contributed by atoms with Gasteiger partial charge < -0.3 is 10.3 Å². The number of benzene rings is 1. The van der Waals surface area contributed by atoms with E-state index in [2.05, 4.69) is 21.4 Å². The highest BCUT2D eigenvalue weighted by atomic mass is 14.9. The molecule has 0 aliphatic carbocycles. The topological polar surface area (TPSA) is 64.5 Å². The van der Waals surface area contributed by atoms with Crippen LogP contribution in [0.15, 0.2) is 24.5 Å². The third kappa shape index (κ3) is 1.52. The minimum Gasteiger partial charge on any atom is -0.370 e. The molecule has 0 saturated carbocycles. The molecule has 1 unspecified atom stereocenters. The number of aromatic nitrogens is 2. The molecule has 4 nitrogen and oxygen atoms in total. The summed E-state index contributed by atoms with van der Waals surface area (Å²) in [6.45, 7) is 1.82. The van der Waals surface area contributed by atoms with E-state index in [9.17, 15) is 0 Å². The number of H-pyrrole nitrogens is 1. The van der Waals surface area contributed by atoms with Crippen molar-refractivity contribution < 1.29 is 0 Å². The third-order valence-electron chi connectivity index (χ3n) is 2.00. The third-order valence-corrected chi connectivity index (χ3v) is 2.00. The van der Waals surface area contributed by atoms with Crippen LogP contribution < -0.4 is 5.32 Å². The van der Waals surface area contributed by atoms with E-state index < -0.39 is 0 Å². The van der Waals surface area contributed by atoms with Crippen molar-refractivity contribution in [2.75, 3.05) is 5.32 Å². The number of imidazole rings is 1. The molecule has 0 radical (unpaired) electrons. The Bertz CT molecular complexity index is 480. The average molecular weight is 186 g/mol. The summed E-state index contributed by atoms with van der Waals surface area (Å²) >= 11 is 0. The fraction of sp³-hybridized carbons (Fsp3) is 0.200.